The zero-order valence-corrected chi connectivity index (χ0v) is 93.3. The molecule has 782 valence electrons. The van der Waals surface area contributed by atoms with Crippen molar-refractivity contribution in [3.8, 4) is 0 Å². The maximum absolute atomic E-state index is 14.3. The highest BCUT2D eigenvalue weighted by Crippen LogP contribution is 2.83. The molecule has 0 amide bonds. The predicted octanol–water partition coefficient (Wildman–Crippen LogP) is 26.4. The molecule has 0 aromatic rings. The number of aliphatic hydroxyl groups excluding tert-OH is 7. The first-order valence-corrected chi connectivity index (χ1v) is 57.1. The van der Waals surface area contributed by atoms with Crippen molar-refractivity contribution in [2.24, 2.45) is 201 Å². The standard InChI is InChI=1S/C34H54O4.C31H46O4.C30H50O3.C30H48O3/c1-9-38-27(37)12-15-34-18-16-29(2,3)21-22(34)28-23(35)20-25-31(6)13-11-26(36)30(4,5)24(31)10-14-32(25,7)33(28,8)17-19-34;1-26(2)13-15-31(25(34)35-8)16-14-30(7)24(19(31)18-26)20(32)17-22-28(5)11-10-23(33)27(3,4)21(28)9-12-29(22,30)6;2*1-25(2)12-14-30(18-31)15-13-29(7)24(19(30)17-25)20(32)16-22-27(5)10-9-23(33)26(3,4)21(27)8-11-28(22,29)6/h12,15,20,22-24,26,28,35-36H,9-11,13-14,16-19,21H2,1-8H3;17,19,21,24H,9-16,18H2,1-8H3;16,19-21,23-24,31-33H,8-15,17-18H2,1-7H3;16,18-21,23-24,32-33H,8-15,17H2,1-7H3/b15-12+;;;/t22-,23+,24-,26-,28-,31-,32+,33+,34+;19-,21-,24-,28-,29+,30+,31-;2*19-,20+,21-,23-,24-,27-,28+,29+,30+/m0000/s1. The number of ketones is 2. The van der Waals surface area contributed by atoms with Crippen molar-refractivity contribution < 1.29 is 69.2 Å². The summed E-state index contributed by atoms with van der Waals surface area (Å²) in [5, 5.41) is 79.3. The van der Waals surface area contributed by atoms with Crippen LogP contribution in [0.3, 0.4) is 0 Å². The van der Waals surface area contributed by atoms with Crippen molar-refractivity contribution in [3.63, 3.8) is 0 Å². The van der Waals surface area contributed by atoms with Crippen LogP contribution in [0.1, 0.15) is 432 Å². The number of methoxy groups -OCH3 is 1. The highest BCUT2D eigenvalue weighted by molar-refractivity contribution is 5.97. The van der Waals surface area contributed by atoms with E-state index in [-0.39, 0.29) is 209 Å². The van der Waals surface area contributed by atoms with Crippen molar-refractivity contribution in [2.75, 3.05) is 20.3 Å². The molecule has 34 atom stereocenters. The third-order valence-corrected chi connectivity index (χ3v) is 52.1. The van der Waals surface area contributed by atoms with E-state index in [1.54, 1.807) is 6.08 Å². The maximum atomic E-state index is 14.3. The fourth-order valence-corrected chi connectivity index (χ4v) is 42.5. The molecule has 0 aromatic carbocycles. The zero-order valence-electron chi connectivity index (χ0n) is 93.3. The molecule has 0 heterocycles. The summed E-state index contributed by atoms with van der Waals surface area (Å²) in [6, 6.07) is 0. The summed E-state index contributed by atoms with van der Waals surface area (Å²) in [4.78, 5) is 65.6. The number of ether oxygens (including phenoxy) is 2. The predicted molar refractivity (Wildman–Crippen MR) is 555 cm³/mol. The van der Waals surface area contributed by atoms with E-state index < -0.39 is 23.7 Å². The second kappa shape index (κ2) is 33.9. The monoisotopic (exact) mass is 1920 g/mol. The van der Waals surface area contributed by atoms with Gasteiger partial charge in [-0.1, -0.05) is 240 Å². The molecular weight excluding hydrogens is 1730 g/mol. The largest absolute Gasteiger partial charge is 0.469 e. The lowest BCUT2D eigenvalue weighted by Crippen LogP contribution is -2.66. The van der Waals surface area contributed by atoms with Crippen LogP contribution in [0.15, 0.2) is 58.7 Å². The minimum atomic E-state index is -0.536. The number of fused-ring (bicyclic) bond motifs is 28. The van der Waals surface area contributed by atoms with Crippen LogP contribution >= 0.6 is 0 Å². The van der Waals surface area contributed by atoms with Crippen molar-refractivity contribution >= 4 is 29.8 Å². The Morgan fingerprint density at radius 3 is 1.14 bits per heavy atom. The van der Waals surface area contributed by atoms with Gasteiger partial charge in [-0.15, -0.1) is 0 Å². The molecule has 0 spiro atoms. The Kier molecular flexibility index (Phi) is 26.0. The Labute approximate surface area is 842 Å². The highest BCUT2D eigenvalue weighted by atomic mass is 16.5. The van der Waals surface area contributed by atoms with Crippen molar-refractivity contribution in [1.82, 2.24) is 0 Å². The Bertz CT molecular complexity index is 4960. The van der Waals surface area contributed by atoms with E-state index in [9.17, 15) is 59.7 Å². The fourth-order valence-electron chi connectivity index (χ4n) is 42.5. The van der Waals surface area contributed by atoms with Gasteiger partial charge in [0.15, 0.2) is 5.78 Å². The summed E-state index contributed by atoms with van der Waals surface area (Å²) < 4.78 is 10.7. The summed E-state index contributed by atoms with van der Waals surface area (Å²) in [6.07, 6.45) is 48.4. The Balaban J connectivity index is 0.000000128. The number of hydrogen-bond acceptors (Lipinski definition) is 14. The Morgan fingerprint density at radius 1 is 0.381 bits per heavy atom. The van der Waals surface area contributed by atoms with Crippen LogP contribution in [0.5, 0.6) is 0 Å². The second-order valence-electron chi connectivity index (χ2n) is 61.3. The first kappa shape index (κ1) is 107. The maximum Gasteiger partial charge on any atom is 0.330 e. The molecule has 139 heavy (non-hydrogen) atoms. The molecule has 0 radical (unpaired) electrons. The molecular formula is C125H198O14. The van der Waals surface area contributed by atoms with Gasteiger partial charge in [0.05, 0.1) is 55.8 Å². The van der Waals surface area contributed by atoms with Crippen LogP contribution in [0.2, 0.25) is 0 Å². The number of hydrogen-bond donors (Lipinski definition) is 7. The van der Waals surface area contributed by atoms with Gasteiger partial charge in [-0.05, 0) is 417 Å². The number of aldehydes is 1. The van der Waals surface area contributed by atoms with Gasteiger partial charge in [-0.25, -0.2) is 4.79 Å². The number of aliphatic hydroxyl groups is 7. The lowest BCUT2D eigenvalue weighted by molar-refractivity contribution is -0.203. The molecule has 0 aliphatic heterocycles. The number of carbonyl (C=O) groups is 5. The molecule has 0 saturated heterocycles. The number of allylic oxidation sites excluding steroid dienone is 6. The van der Waals surface area contributed by atoms with Crippen LogP contribution in [0.4, 0.5) is 0 Å². The second-order valence-corrected chi connectivity index (χ2v) is 61.3. The van der Waals surface area contributed by atoms with Crippen LogP contribution < -0.4 is 0 Å². The summed E-state index contributed by atoms with van der Waals surface area (Å²) in [7, 11) is 1.51. The smallest absolute Gasteiger partial charge is 0.330 e. The van der Waals surface area contributed by atoms with Crippen molar-refractivity contribution in [1.29, 1.82) is 0 Å². The lowest BCUT2D eigenvalue weighted by atomic mass is 9.33. The van der Waals surface area contributed by atoms with Crippen LogP contribution in [0.25, 0.3) is 0 Å². The van der Waals surface area contributed by atoms with Crippen LogP contribution in [-0.4, -0.2) is 122 Å². The molecule has 16 fully saturated rings. The van der Waals surface area contributed by atoms with Crippen LogP contribution in [0, 0.1) is 201 Å². The SMILES string of the molecule is CC1(C)CC[C@]2(C=O)CC[C@]3(C)[C@H]([C@H](O)C=C4[C@@]5(C)CC[C@H](O)C(C)(C)[C@@H]5CC[C@]43C)[C@@H]2C1.CC1(C)CC[C@]2(CO)CC[C@]3(C)[C@H]([C@H](O)C=C4[C@@]5(C)CC[C@H](O)C(C)(C)[C@@H]5CC[C@]43C)[C@@H]2C1.CCOC(=O)/C=C/[C@]12CCC(C)(C)C[C@H]1[C@H]1[C@H](O)C=C3[C@@]4(C)CC[C@H](O)C(C)(C)[C@@H]4CC[C@@]3(C)[C@]1(C)CC2.COC(=O)[C@]12CCC(C)(C)C[C@H]1[C@H]1C(=O)C=C3[C@@]4(C)CCC(=O)C(C)(C)[C@@H]4CC[C@@]3(C)[C@]1(C)CC2. The van der Waals surface area contributed by atoms with Gasteiger partial charge in [0, 0.05) is 35.9 Å². The third-order valence-electron chi connectivity index (χ3n) is 52.1. The van der Waals surface area contributed by atoms with Crippen LogP contribution in [-0.2, 0) is 33.4 Å². The van der Waals surface area contributed by atoms with Gasteiger partial charge in [-0.3, -0.25) is 14.4 Å². The van der Waals surface area contributed by atoms with Gasteiger partial charge in [0.1, 0.15) is 12.1 Å². The third kappa shape index (κ3) is 15.1. The highest BCUT2D eigenvalue weighted by Gasteiger charge is 2.77. The lowest BCUT2D eigenvalue weighted by Gasteiger charge is -2.71. The fraction of sp³-hybridized carbons (Fsp3) is 0.880. The molecule has 0 bridgehead atoms. The first-order valence-electron chi connectivity index (χ1n) is 57.1. The van der Waals surface area contributed by atoms with Gasteiger partial charge in [0.25, 0.3) is 0 Å². The molecule has 14 heteroatoms. The minimum Gasteiger partial charge on any atom is -0.469 e. The Hall–Kier alpha value is -3.63. The van der Waals surface area contributed by atoms with E-state index in [1.165, 1.54) is 42.1 Å². The molecule has 7 N–H and O–H groups in total. The van der Waals surface area contributed by atoms with Crippen molar-refractivity contribution in [3.05, 3.63) is 58.7 Å². The van der Waals surface area contributed by atoms with Gasteiger partial charge < -0.3 is 50.0 Å². The zero-order chi connectivity index (χ0) is 102. The van der Waals surface area contributed by atoms with E-state index in [4.69, 9.17) is 9.47 Å². The normalized spacial score (nSPS) is 51.5. The molecule has 0 aromatic heterocycles. The van der Waals surface area contributed by atoms with Crippen molar-refractivity contribution in [2.45, 2.75) is 469 Å². The number of rotatable bonds is 6. The van der Waals surface area contributed by atoms with Gasteiger partial charge >= 0.3 is 11.9 Å². The first-order chi connectivity index (χ1) is 64.0. The van der Waals surface area contributed by atoms with E-state index >= 15 is 0 Å². The van der Waals surface area contributed by atoms with E-state index in [0.717, 1.165) is 218 Å². The molecule has 20 aliphatic carbocycles. The Morgan fingerprint density at radius 2 is 0.719 bits per heavy atom. The van der Waals surface area contributed by atoms with Gasteiger partial charge in [-0.2, -0.15) is 0 Å². The molecule has 20 rings (SSSR count). The average Bonchev–Trinajstić information content (AvgIpc) is 0.679. The summed E-state index contributed by atoms with van der Waals surface area (Å²) >= 11 is 0. The van der Waals surface area contributed by atoms with E-state index in [1.807, 2.05) is 13.0 Å². The van der Waals surface area contributed by atoms with Gasteiger partial charge in [0.2, 0.25) is 0 Å². The molecule has 16 saturated carbocycles. The average molecular weight is 1920 g/mol. The summed E-state index contributed by atoms with van der Waals surface area (Å²) in [5.41, 5.74) is 4.91. The summed E-state index contributed by atoms with van der Waals surface area (Å²) in [5.74, 6) is 3.22. The topological polar surface area (TPSA) is 245 Å². The molecule has 14 nitrogen and oxygen atoms in total. The summed E-state index contributed by atoms with van der Waals surface area (Å²) in [6.45, 7) is 68.7. The number of esters is 2. The minimum absolute atomic E-state index is 0.00468. The number of carbonyl (C=O) groups excluding carboxylic acids is 5. The molecule has 0 unspecified atom stereocenters. The van der Waals surface area contributed by atoms with E-state index in [2.05, 4.69) is 218 Å². The number of Topliss-reactive ketones (excluding diaryl/α,β-unsaturated/α-hetero) is 1. The quantitative estimate of drug-likeness (QED) is 0.0566. The van der Waals surface area contributed by atoms with E-state index in [0.29, 0.717) is 48.4 Å². The molecule has 20 aliphatic rings.